The number of amides is 1. The lowest BCUT2D eigenvalue weighted by molar-refractivity contribution is -0.125. The van der Waals surface area contributed by atoms with E-state index in [1.54, 1.807) is 0 Å². The van der Waals surface area contributed by atoms with Crippen molar-refractivity contribution in [3.8, 4) is 0 Å². The molecule has 4 nitrogen and oxygen atoms in total. The second kappa shape index (κ2) is 8.15. The van der Waals surface area contributed by atoms with Gasteiger partial charge in [-0.15, -0.1) is 0 Å². The van der Waals surface area contributed by atoms with Crippen molar-refractivity contribution in [2.75, 3.05) is 26.3 Å². The van der Waals surface area contributed by atoms with Crippen LogP contribution in [0.1, 0.15) is 24.5 Å². The van der Waals surface area contributed by atoms with Gasteiger partial charge in [0, 0.05) is 12.6 Å². The van der Waals surface area contributed by atoms with Crippen molar-refractivity contribution in [2.45, 2.75) is 32.7 Å². The van der Waals surface area contributed by atoms with Crippen LogP contribution in [-0.4, -0.2) is 38.3 Å². The molecule has 2 unspecified atom stereocenters. The first kappa shape index (κ1) is 16.0. The fraction of sp³-hybridized carbons (Fsp3) is 0.588. The summed E-state index contributed by atoms with van der Waals surface area (Å²) in [6, 6.07) is 8.46. The van der Waals surface area contributed by atoms with Crippen molar-refractivity contribution >= 4 is 5.91 Å². The van der Waals surface area contributed by atoms with E-state index in [1.165, 1.54) is 11.1 Å². The Morgan fingerprint density at radius 1 is 1.29 bits per heavy atom. The standard InChI is InChI=1S/C17H26N2O2/c1-3-9-18-16-12-21-11-15(16)17(20)19-10-8-14-7-5-4-6-13(14)2/h4-7,15-16,18H,3,8-12H2,1-2H3,(H,19,20). The van der Waals surface area contributed by atoms with E-state index in [1.807, 2.05) is 12.1 Å². The largest absolute Gasteiger partial charge is 0.379 e. The summed E-state index contributed by atoms with van der Waals surface area (Å²) < 4.78 is 5.45. The third kappa shape index (κ3) is 4.55. The van der Waals surface area contributed by atoms with Crippen molar-refractivity contribution in [1.29, 1.82) is 0 Å². The van der Waals surface area contributed by atoms with Gasteiger partial charge in [0.1, 0.15) is 0 Å². The smallest absolute Gasteiger partial charge is 0.227 e. The fourth-order valence-corrected chi connectivity index (χ4v) is 2.69. The molecule has 0 bridgehead atoms. The number of hydrogen-bond acceptors (Lipinski definition) is 3. The van der Waals surface area contributed by atoms with Crippen molar-refractivity contribution in [3.05, 3.63) is 35.4 Å². The fourth-order valence-electron chi connectivity index (χ4n) is 2.69. The van der Waals surface area contributed by atoms with Crippen LogP contribution in [-0.2, 0) is 16.0 Å². The molecule has 1 aromatic rings. The Morgan fingerprint density at radius 3 is 2.86 bits per heavy atom. The zero-order valence-electron chi connectivity index (χ0n) is 13.0. The van der Waals surface area contributed by atoms with E-state index in [0.29, 0.717) is 19.8 Å². The van der Waals surface area contributed by atoms with E-state index in [4.69, 9.17) is 4.74 Å². The van der Waals surface area contributed by atoms with Gasteiger partial charge in [-0.3, -0.25) is 4.79 Å². The third-order valence-corrected chi connectivity index (χ3v) is 4.03. The van der Waals surface area contributed by atoms with Gasteiger partial charge in [0.15, 0.2) is 0 Å². The Kier molecular flexibility index (Phi) is 6.21. The molecule has 1 saturated heterocycles. The molecule has 1 amide bonds. The van der Waals surface area contributed by atoms with Crippen molar-refractivity contribution in [3.63, 3.8) is 0 Å². The van der Waals surface area contributed by atoms with Crippen LogP contribution in [0.25, 0.3) is 0 Å². The molecular weight excluding hydrogens is 264 g/mol. The number of hydrogen-bond donors (Lipinski definition) is 2. The second-order valence-corrected chi connectivity index (χ2v) is 5.67. The molecule has 21 heavy (non-hydrogen) atoms. The lowest BCUT2D eigenvalue weighted by atomic mass is 10.0. The first-order chi connectivity index (χ1) is 10.2. The minimum atomic E-state index is -0.0616. The lowest BCUT2D eigenvalue weighted by Crippen LogP contribution is -2.44. The van der Waals surface area contributed by atoms with Crippen LogP contribution in [0, 0.1) is 12.8 Å². The highest BCUT2D eigenvalue weighted by Crippen LogP contribution is 2.14. The van der Waals surface area contributed by atoms with Crippen molar-refractivity contribution < 1.29 is 9.53 Å². The number of carbonyl (C=O) groups excluding carboxylic acids is 1. The first-order valence-electron chi connectivity index (χ1n) is 7.85. The summed E-state index contributed by atoms with van der Waals surface area (Å²) in [6.45, 7) is 7.00. The molecule has 1 heterocycles. The Bertz CT molecular complexity index is 462. The highest BCUT2D eigenvalue weighted by molar-refractivity contribution is 5.79. The molecule has 2 atom stereocenters. The first-order valence-corrected chi connectivity index (χ1v) is 7.85. The number of carbonyl (C=O) groups is 1. The molecule has 1 aliphatic rings. The molecule has 1 aromatic carbocycles. The van der Waals surface area contributed by atoms with Crippen LogP contribution >= 0.6 is 0 Å². The summed E-state index contributed by atoms with van der Waals surface area (Å²) >= 11 is 0. The maximum atomic E-state index is 12.3. The van der Waals surface area contributed by atoms with E-state index in [0.717, 1.165) is 19.4 Å². The van der Waals surface area contributed by atoms with E-state index < -0.39 is 0 Å². The normalized spacial score (nSPS) is 21.4. The minimum absolute atomic E-state index is 0.0616. The van der Waals surface area contributed by atoms with Gasteiger partial charge < -0.3 is 15.4 Å². The number of ether oxygens (including phenoxy) is 1. The van der Waals surface area contributed by atoms with Crippen molar-refractivity contribution in [2.24, 2.45) is 5.92 Å². The Hall–Kier alpha value is -1.39. The zero-order chi connectivity index (χ0) is 15.1. The molecule has 0 spiro atoms. The molecule has 1 fully saturated rings. The highest BCUT2D eigenvalue weighted by Gasteiger charge is 2.33. The lowest BCUT2D eigenvalue weighted by Gasteiger charge is -2.18. The molecule has 2 N–H and O–H groups in total. The van der Waals surface area contributed by atoms with Crippen LogP contribution in [0.15, 0.2) is 24.3 Å². The highest BCUT2D eigenvalue weighted by atomic mass is 16.5. The molecule has 0 radical (unpaired) electrons. The second-order valence-electron chi connectivity index (χ2n) is 5.67. The van der Waals surface area contributed by atoms with Gasteiger partial charge in [-0.05, 0) is 37.4 Å². The molecule has 2 rings (SSSR count). The van der Waals surface area contributed by atoms with Gasteiger partial charge in [0.2, 0.25) is 5.91 Å². The molecule has 0 aliphatic carbocycles. The Balaban J connectivity index is 1.77. The van der Waals surface area contributed by atoms with Crippen molar-refractivity contribution in [1.82, 2.24) is 10.6 Å². The van der Waals surface area contributed by atoms with Gasteiger partial charge in [0.25, 0.3) is 0 Å². The summed E-state index contributed by atoms with van der Waals surface area (Å²) in [5.41, 5.74) is 2.57. The predicted molar refractivity (Wildman–Crippen MR) is 84.3 cm³/mol. The zero-order valence-corrected chi connectivity index (χ0v) is 13.0. The van der Waals surface area contributed by atoms with Gasteiger partial charge in [-0.25, -0.2) is 0 Å². The average molecular weight is 290 g/mol. The van der Waals surface area contributed by atoms with Gasteiger partial charge in [-0.2, -0.15) is 0 Å². The van der Waals surface area contributed by atoms with Crippen LogP contribution < -0.4 is 10.6 Å². The van der Waals surface area contributed by atoms with E-state index in [9.17, 15) is 4.79 Å². The summed E-state index contributed by atoms with van der Waals surface area (Å²) in [6.07, 6.45) is 1.94. The monoisotopic (exact) mass is 290 g/mol. The maximum Gasteiger partial charge on any atom is 0.227 e. The molecule has 4 heteroatoms. The summed E-state index contributed by atoms with van der Waals surface area (Å²) in [4.78, 5) is 12.3. The van der Waals surface area contributed by atoms with Crippen LogP contribution in [0.4, 0.5) is 0 Å². The quantitative estimate of drug-likeness (QED) is 0.803. The van der Waals surface area contributed by atoms with E-state index in [2.05, 4.69) is 36.6 Å². The number of benzene rings is 1. The molecule has 1 aliphatic heterocycles. The minimum Gasteiger partial charge on any atom is -0.379 e. The SMILES string of the molecule is CCCNC1COCC1C(=O)NCCc1ccccc1C. The molecular formula is C17H26N2O2. The van der Waals surface area contributed by atoms with Crippen LogP contribution in [0.5, 0.6) is 0 Å². The molecule has 0 saturated carbocycles. The van der Waals surface area contributed by atoms with Gasteiger partial charge in [-0.1, -0.05) is 31.2 Å². The molecule has 0 aromatic heterocycles. The average Bonchev–Trinajstić information content (AvgIpc) is 2.95. The van der Waals surface area contributed by atoms with Gasteiger partial charge >= 0.3 is 0 Å². The predicted octanol–water partition coefficient (Wildman–Crippen LogP) is 1.67. The summed E-state index contributed by atoms with van der Waals surface area (Å²) in [5.74, 6) is 0.0445. The van der Waals surface area contributed by atoms with Gasteiger partial charge in [0.05, 0.1) is 19.1 Å². The van der Waals surface area contributed by atoms with Crippen LogP contribution in [0.3, 0.4) is 0 Å². The van der Waals surface area contributed by atoms with E-state index in [-0.39, 0.29) is 17.9 Å². The van der Waals surface area contributed by atoms with Crippen LogP contribution in [0.2, 0.25) is 0 Å². The number of aryl methyl sites for hydroxylation is 1. The topological polar surface area (TPSA) is 50.4 Å². The summed E-state index contributed by atoms with van der Waals surface area (Å²) in [7, 11) is 0. The third-order valence-electron chi connectivity index (χ3n) is 4.03. The number of nitrogens with one attached hydrogen (secondary N) is 2. The summed E-state index contributed by atoms with van der Waals surface area (Å²) in [5, 5.41) is 6.44. The van der Waals surface area contributed by atoms with E-state index >= 15 is 0 Å². The Labute approximate surface area is 127 Å². The Morgan fingerprint density at radius 2 is 2.10 bits per heavy atom. The maximum absolute atomic E-state index is 12.3. The number of rotatable bonds is 7. The molecule has 116 valence electrons.